The molecule has 34 heavy (non-hydrogen) atoms. The number of aromatic nitrogens is 1. The first-order valence-electron chi connectivity index (χ1n) is 10.7. The maximum Gasteiger partial charge on any atom is 0.338 e. The number of halogens is 1. The van der Waals surface area contributed by atoms with Crippen LogP contribution in [0.25, 0.3) is 6.08 Å². The minimum absolute atomic E-state index is 0.177. The van der Waals surface area contributed by atoms with E-state index in [0.29, 0.717) is 32.0 Å². The summed E-state index contributed by atoms with van der Waals surface area (Å²) in [5, 5.41) is 10.6. The van der Waals surface area contributed by atoms with E-state index in [2.05, 4.69) is 11.6 Å². The Bertz CT molecular complexity index is 1480. The van der Waals surface area contributed by atoms with Crippen molar-refractivity contribution in [2.24, 2.45) is 4.99 Å². The molecule has 2 aromatic carbocycles. The van der Waals surface area contributed by atoms with Crippen LogP contribution in [-0.4, -0.2) is 22.2 Å². The van der Waals surface area contributed by atoms with Gasteiger partial charge in [-0.2, -0.15) is 0 Å². The van der Waals surface area contributed by atoms with E-state index in [1.165, 1.54) is 15.9 Å². The van der Waals surface area contributed by atoms with Crippen LogP contribution in [0, 0.1) is 0 Å². The normalized spacial score (nSPS) is 15.6. The van der Waals surface area contributed by atoms with Crippen LogP contribution in [0.4, 0.5) is 0 Å². The third-order valence-electron chi connectivity index (χ3n) is 5.47. The predicted molar refractivity (Wildman–Crippen MR) is 134 cm³/mol. The van der Waals surface area contributed by atoms with Crippen LogP contribution in [0.5, 0.6) is 5.75 Å². The topological polar surface area (TPSA) is 80.9 Å². The van der Waals surface area contributed by atoms with Gasteiger partial charge in [0.15, 0.2) is 4.80 Å². The fourth-order valence-electron chi connectivity index (χ4n) is 3.92. The van der Waals surface area contributed by atoms with Gasteiger partial charge in [-0.3, -0.25) is 9.36 Å². The number of carbonyl (C=O) groups excluding carboxylic acids is 1. The molecular formula is C26H23ClN2O4S. The molecule has 6 nitrogen and oxygen atoms in total. The third kappa shape index (κ3) is 4.49. The number of thiazole rings is 1. The second kappa shape index (κ2) is 9.83. The highest BCUT2D eigenvalue weighted by molar-refractivity contribution is 7.07. The van der Waals surface area contributed by atoms with Crippen molar-refractivity contribution in [3.63, 3.8) is 0 Å². The molecule has 1 aliphatic rings. The van der Waals surface area contributed by atoms with E-state index in [1.807, 2.05) is 6.07 Å². The number of phenols is 1. The van der Waals surface area contributed by atoms with E-state index in [0.717, 1.165) is 16.7 Å². The lowest BCUT2D eigenvalue weighted by Crippen LogP contribution is -2.39. The van der Waals surface area contributed by atoms with Gasteiger partial charge in [0.1, 0.15) is 5.75 Å². The molecule has 0 saturated carbocycles. The molecule has 0 unspecified atom stereocenters. The Labute approximate surface area is 205 Å². The van der Waals surface area contributed by atoms with Gasteiger partial charge < -0.3 is 9.84 Å². The summed E-state index contributed by atoms with van der Waals surface area (Å²) in [5.41, 5.74) is 2.77. The summed E-state index contributed by atoms with van der Waals surface area (Å²) >= 11 is 7.33. The van der Waals surface area contributed by atoms with Crippen LogP contribution >= 0.6 is 22.9 Å². The van der Waals surface area contributed by atoms with Gasteiger partial charge in [-0.25, -0.2) is 9.79 Å². The highest BCUT2D eigenvalue weighted by Gasteiger charge is 2.33. The first-order valence-corrected chi connectivity index (χ1v) is 11.9. The zero-order chi connectivity index (χ0) is 24.4. The Hall–Kier alpha value is -3.42. The molecule has 1 aliphatic heterocycles. The van der Waals surface area contributed by atoms with Crippen LogP contribution in [0.15, 0.2) is 76.2 Å². The van der Waals surface area contributed by atoms with Gasteiger partial charge in [0.2, 0.25) is 0 Å². The number of aromatic hydroxyl groups is 1. The minimum atomic E-state index is -0.689. The molecule has 174 valence electrons. The van der Waals surface area contributed by atoms with Crippen molar-refractivity contribution in [2.75, 3.05) is 6.61 Å². The van der Waals surface area contributed by atoms with Gasteiger partial charge in [-0.05, 0) is 67.3 Å². The largest absolute Gasteiger partial charge is 0.508 e. The van der Waals surface area contributed by atoms with E-state index in [9.17, 15) is 14.7 Å². The number of esters is 1. The standard InChI is InChI=1S/C26H23ClN2O4S/c1-4-6-18-13-16(7-12-20(18)30)14-21-24(31)29-23(17-8-10-19(27)11-9-17)22(25(32)33-5-2)15(3)28-26(29)34-21/h4,7-14,23,30H,1,5-6H2,2-3H3/b21-14+/t23-/m0/s1. The highest BCUT2D eigenvalue weighted by Crippen LogP contribution is 2.31. The van der Waals surface area contributed by atoms with E-state index < -0.39 is 12.0 Å². The second-order valence-corrected chi connectivity index (χ2v) is 9.18. The second-order valence-electron chi connectivity index (χ2n) is 7.73. The van der Waals surface area contributed by atoms with E-state index >= 15 is 0 Å². The average Bonchev–Trinajstić information content (AvgIpc) is 3.10. The Morgan fingerprint density at radius 3 is 2.71 bits per heavy atom. The maximum absolute atomic E-state index is 13.6. The van der Waals surface area contributed by atoms with Gasteiger partial charge in [-0.1, -0.05) is 47.2 Å². The Morgan fingerprint density at radius 1 is 1.29 bits per heavy atom. The molecular weight excluding hydrogens is 472 g/mol. The van der Waals surface area contributed by atoms with Crippen LogP contribution in [0.1, 0.15) is 36.6 Å². The maximum atomic E-state index is 13.6. The lowest BCUT2D eigenvalue weighted by molar-refractivity contribution is -0.139. The summed E-state index contributed by atoms with van der Waals surface area (Å²) in [6, 6.07) is 11.5. The van der Waals surface area contributed by atoms with Crippen molar-refractivity contribution in [2.45, 2.75) is 26.3 Å². The number of hydrogen-bond donors (Lipinski definition) is 1. The molecule has 2 heterocycles. The van der Waals surface area contributed by atoms with Gasteiger partial charge in [0, 0.05) is 5.02 Å². The van der Waals surface area contributed by atoms with Crippen molar-refractivity contribution in [3.05, 3.63) is 108 Å². The summed E-state index contributed by atoms with van der Waals surface area (Å²) in [5.74, 6) is -0.332. The monoisotopic (exact) mass is 494 g/mol. The highest BCUT2D eigenvalue weighted by atomic mass is 35.5. The number of nitrogens with zero attached hydrogens (tertiary/aromatic N) is 2. The smallest absolute Gasteiger partial charge is 0.338 e. The van der Waals surface area contributed by atoms with E-state index in [4.69, 9.17) is 16.3 Å². The molecule has 0 saturated heterocycles. The summed E-state index contributed by atoms with van der Waals surface area (Å²) < 4.78 is 7.29. The molecule has 0 spiro atoms. The fraction of sp³-hybridized carbons (Fsp3) is 0.192. The summed E-state index contributed by atoms with van der Waals surface area (Å²) in [6.45, 7) is 7.41. The van der Waals surface area contributed by atoms with Gasteiger partial charge >= 0.3 is 5.97 Å². The first kappa shape index (κ1) is 23.7. The summed E-state index contributed by atoms with van der Waals surface area (Å²) in [7, 11) is 0. The van der Waals surface area contributed by atoms with Gasteiger partial charge in [0.05, 0.1) is 28.5 Å². The predicted octanol–water partition coefficient (Wildman–Crippen LogP) is 3.89. The minimum Gasteiger partial charge on any atom is -0.508 e. The number of fused-ring (bicyclic) bond motifs is 1. The van der Waals surface area contributed by atoms with Crippen molar-refractivity contribution in [1.29, 1.82) is 0 Å². The van der Waals surface area contributed by atoms with Crippen molar-refractivity contribution >= 4 is 35.0 Å². The van der Waals surface area contributed by atoms with Crippen molar-refractivity contribution < 1.29 is 14.6 Å². The molecule has 3 aromatic rings. The number of carbonyl (C=O) groups is 1. The fourth-order valence-corrected chi connectivity index (χ4v) is 5.09. The van der Waals surface area contributed by atoms with Crippen LogP contribution in [0.2, 0.25) is 5.02 Å². The summed E-state index contributed by atoms with van der Waals surface area (Å²) in [6.07, 6.45) is 3.98. The molecule has 0 amide bonds. The molecule has 0 bridgehead atoms. The van der Waals surface area contributed by atoms with Crippen LogP contribution in [-0.2, 0) is 16.0 Å². The molecule has 0 aliphatic carbocycles. The number of allylic oxidation sites excluding steroid dienone is 2. The molecule has 1 N–H and O–H groups in total. The Kier molecular flexibility index (Phi) is 6.86. The van der Waals surface area contributed by atoms with E-state index in [-0.39, 0.29) is 17.9 Å². The zero-order valence-electron chi connectivity index (χ0n) is 18.7. The number of hydrogen-bond acceptors (Lipinski definition) is 6. The molecule has 1 atom stereocenters. The number of benzene rings is 2. The SMILES string of the molecule is C=CCc1cc(/C=c2/sc3n(c2=O)[C@@H](c2ccc(Cl)cc2)C(C(=O)OCC)=C(C)N=3)ccc1O. The number of ether oxygens (including phenoxy) is 1. The molecule has 8 heteroatoms. The number of rotatable bonds is 6. The lowest BCUT2D eigenvalue weighted by atomic mass is 9.96. The molecule has 4 rings (SSSR count). The van der Waals surface area contributed by atoms with Gasteiger partial charge in [-0.15, -0.1) is 6.58 Å². The van der Waals surface area contributed by atoms with Crippen molar-refractivity contribution in [1.82, 2.24) is 4.57 Å². The quantitative estimate of drug-likeness (QED) is 0.416. The molecule has 0 radical (unpaired) electrons. The van der Waals surface area contributed by atoms with Gasteiger partial charge in [0.25, 0.3) is 5.56 Å². The average molecular weight is 495 g/mol. The van der Waals surface area contributed by atoms with Crippen molar-refractivity contribution in [3.8, 4) is 5.75 Å². The molecule has 0 fully saturated rings. The Morgan fingerprint density at radius 2 is 2.03 bits per heavy atom. The zero-order valence-corrected chi connectivity index (χ0v) is 20.3. The first-order chi connectivity index (χ1) is 16.3. The van der Waals surface area contributed by atoms with Crippen LogP contribution in [0.3, 0.4) is 0 Å². The lowest BCUT2D eigenvalue weighted by Gasteiger charge is -2.24. The van der Waals surface area contributed by atoms with Crippen LogP contribution < -0.4 is 14.9 Å². The number of phenolic OH excluding ortho intramolecular Hbond substituents is 1. The third-order valence-corrected chi connectivity index (χ3v) is 6.70. The Balaban J connectivity index is 1.92. The molecule has 1 aromatic heterocycles. The van der Waals surface area contributed by atoms with E-state index in [1.54, 1.807) is 62.4 Å². The summed E-state index contributed by atoms with van der Waals surface area (Å²) in [4.78, 5) is 31.5.